The normalized spacial score (nSPS) is 12.5. The summed E-state index contributed by atoms with van der Waals surface area (Å²) in [6.45, 7) is 6.94. The second-order valence-corrected chi connectivity index (χ2v) is 6.34. The smallest absolute Gasteiger partial charge is 0.299 e. The number of phenolic OH excluding ortho intramolecular Hbond substituents is 1. The lowest BCUT2D eigenvalue weighted by atomic mass is 10.1. The Kier molecular flexibility index (Phi) is 3.68. The van der Waals surface area contributed by atoms with Gasteiger partial charge in [0.25, 0.3) is 10.2 Å². The van der Waals surface area contributed by atoms with Crippen molar-refractivity contribution in [1.82, 2.24) is 4.72 Å². The Morgan fingerprint density at radius 2 is 1.82 bits per heavy atom. The van der Waals surface area contributed by atoms with Gasteiger partial charge < -0.3 is 5.11 Å². The van der Waals surface area contributed by atoms with Gasteiger partial charge in [-0.25, -0.2) is 0 Å². The molecular formula is C11H18N2O3S. The van der Waals surface area contributed by atoms with Gasteiger partial charge in [-0.1, -0.05) is 12.1 Å². The number of benzene rings is 1. The molecule has 6 heteroatoms. The summed E-state index contributed by atoms with van der Waals surface area (Å²) in [5, 5.41) is 9.60. The average molecular weight is 258 g/mol. The number of aromatic hydroxyl groups is 1. The number of aryl methyl sites for hydroxylation is 1. The molecule has 96 valence electrons. The molecule has 0 saturated heterocycles. The van der Waals surface area contributed by atoms with Crippen molar-refractivity contribution in [2.45, 2.75) is 33.2 Å². The zero-order valence-corrected chi connectivity index (χ0v) is 11.2. The number of rotatable bonds is 3. The lowest BCUT2D eigenvalue weighted by molar-refractivity contribution is 0.475. The SMILES string of the molecule is Cc1cccc(O)c1NS(=O)(=O)NC(C)(C)C. The van der Waals surface area contributed by atoms with Gasteiger partial charge in [0, 0.05) is 5.54 Å². The van der Waals surface area contributed by atoms with Crippen LogP contribution >= 0.6 is 0 Å². The summed E-state index contributed by atoms with van der Waals surface area (Å²) in [5.74, 6) is -0.0933. The van der Waals surface area contributed by atoms with Gasteiger partial charge in [-0.2, -0.15) is 13.1 Å². The van der Waals surface area contributed by atoms with Crippen molar-refractivity contribution in [2.75, 3.05) is 4.72 Å². The molecule has 0 spiro atoms. The highest BCUT2D eigenvalue weighted by molar-refractivity contribution is 7.90. The third-order valence-electron chi connectivity index (χ3n) is 1.93. The Hall–Kier alpha value is -1.27. The van der Waals surface area contributed by atoms with Crippen LogP contribution in [0.2, 0.25) is 0 Å². The molecule has 1 aromatic carbocycles. The van der Waals surface area contributed by atoms with Crippen molar-refractivity contribution in [1.29, 1.82) is 0 Å². The summed E-state index contributed by atoms with van der Waals surface area (Å²) >= 11 is 0. The first-order valence-corrected chi connectivity index (χ1v) is 6.69. The molecular weight excluding hydrogens is 240 g/mol. The molecule has 0 fully saturated rings. The molecule has 0 aromatic heterocycles. The van der Waals surface area contributed by atoms with E-state index in [2.05, 4.69) is 9.44 Å². The fraction of sp³-hybridized carbons (Fsp3) is 0.455. The standard InChI is InChI=1S/C11H18N2O3S/c1-8-6-5-7-9(14)10(8)12-17(15,16)13-11(2,3)4/h5-7,12-14H,1-4H3. The summed E-state index contributed by atoms with van der Waals surface area (Å²) < 4.78 is 28.3. The van der Waals surface area contributed by atoms with Crippen LogP contribution in [0.25, 0.3) is 0 Å². The molecule has 17 heavy (non-hydrogen) atoms. The Bertz CT molecular complexity index is 484. The highest BCUT2D eigenvalue weighted by Crippen LogP contribution is 2.27. The van der Waals surface area contributed by atoms with E-state index < -0.39 is 15.7 Å². The zero-order valence-electron chi connectivity index (χ0n) is 10.4. The molecule has 5 nitrogen and oxygen atoms in total. The molecule has 1 aromatic rings. The predicted octanol–water partition coefficient (Wildman–Crippen LogP) is 1.75. The van der Waals surface area contributed by atoms with Gasteiger partial charge in [0.05, 0.1) is 5.69 Å². The van der Waals surface area contributed by atoms with Gasteiger partial charge in [0.15, 0.2) is 0 Å². The van der Waals surface area contributed by atoms with Gasteiger partial charge in [-0.05, 0) is 39.3 Å². The molecule has 0 saturated carbocycles. The molecule has 1 rings (SSSR count). The van der Waals surface area contributed by atoms with E-state index in [1.165, 1.54) is 6.07 Å². The molecule has 0 amide bonds. The lowest BCUT2D eigenvalue weighted by Gasteiger charge is -2.21. The second-order valence-electron chi connectivity index (χ2n) is 4.93. The van der Waals surface area contributed by atoms with Crippen LogP contribution in [0, 0.1) is 6.92 Å². The third-order valence-corrected chi connectivity index (χ3v) is 3.28. The minimum absolute atomic E-state index is 0.0933. The Balaban J connectivity index is 2.99. The molecule has 0 aliphatic carbocycles. The minimum atomic E-state index is -3.70. The molecule has 0 bridgehead atoms. The van der Waals surface area contributed by atoms with Crippen molar-refractivity contribution in [3.8, 4) is 5.75 Å². The Morgan fingerprint density at radius 3 is 2.29 bits per heavy atom. The van der Waals surface area contributed by atoms with Crippen LogP contribution < -0.4 is 9.44 Å². The molecule has 0 heterocycles. The van der Waals surface area contributed by atoms with E-state index in [1.807, 2.05) is 0 Å². The van der Waals surface area contributed by atoms with Crippen molar-refractivity contribution >= 4 is 15.9 Å². The van der Waals surface area contributed by atoms with Gasteiger partial charge in [-0.3, -0.25) is 4.72 Å². The van der Waals surface area contributed by atoms with Gasteiger partial charge in [0.2, 0.25) is 0 Å². The number of nitrogens with one attached hydrogen (secondary N) is 2. The van der Waals surface area contributed by atoms with E-state index in [4.69, 9.17) is 0 Å². The summed E-state index contributed by atoms with van der Waals surface area (Å²) in [6, 6.07) is 4.80. The van der Waals surface area contributed by atoms with Crippen molar-refractivity contribution in [3.63, 3.8) is 0 Å². The fourth-order valence-corrected chi connectivity index (χ4v) is 2.74. The molecule has 0 unspecified atom stereocenters. The van der Waals surface area contributed by atoms with Gasteiger partial charge in [0.1, 0.15) is 5.75 Å². The largest absolute Gasteiger partial charge is 0.506 e. The second kappa shape index (κ2) is 4.54. The van der Waals surface area contributed by atoms with Crippen LogP contribution in [0.3, 0.4) is 0 Å². The van der Waals surface area contributed by atoms with Gasteiger partial charge in [-0.15, -0.1) is 0 Å². The maximum absolute atomic E-state index is 11.8. The quantitative estimate of drug-likeness (QED) is 0.723. The van der Waals surface area contributed by atoms with E-state index in [-0.39, 0.29) is 11.4 Å². The molecule has 3 N–H and O–H groups in total. The Morgan fingerprint density at radius 1 is 1.24 bits per heavy atom. The molecule has 0 aliphatic heterocycles. The van der Waals surface area contributed by atoms with E-state index >= 15 is 0 Å². The fourth-order valence-electron chi connectivity index (χ4n) is 1.35. The summed E-state index contributed by atoms with van der Waals surface area (Å²) in [7, 11) is -3.70. The van der Waals surface area contributed by atoms with Gasteiger partial charge >= 0.3 is 0 Å². The van der Waals surface area contributed by atoms with Crippen LogP contribution in [-0.2, 0) is 10.2 Å². The first kappa shape index (κ1) is 13.8. The predicted molar refractivity (Wildman–Crippen MR) is 68.3 cm³/mol. The maximum atomic E-state index is 11.8. The highest BCUT2D eigenvalue weighted by atomic mass is 32.2. The lowest BCUT2D eigenvalue weighted by Crippen LogP contribution is -2.43. The summed E-state index contributed by atoms with van der Waals surface area (Å²) in [5.41, 5.74) is 0.276. The minimum Gasteiger partial charge on any atom is -0.506 e. The number of hydrogen-bond donors (Lipinski definition) is 3. The third kappa shape index (κ3) is 4.24. The number of hydrogen-bond acceptors (Lipinski definition) is 3. The number of para-hydroxylation sites is 1. The molecule has 0 radical (unpaired) electrons. The zero-order chi connectivity index (χ0) is 13.3. The first-order valence-electron chi connectivity index (χ1n) is 5.21. The maximum Gasteiger partial charge on any atom is 0.299 e. The van der Waals surface area contributed by atoms with E-state index in [0.717, 1.165) is 0 Å². The van der Waals surface area contributed by atoms with E-state index in [9.17, 15) is 13.5 Å². The van der Waals surface area contributed by atoms with Crippen LogP contribution in [0.4, 0.5) is 5.69 Å². The van der Waals surface area contributed by atoms with E-state index in [1.54, 1.807) is 39.8 Å². The summed E-state index contributed by atoms with van der Waals surface area (Å²) in [6.07, 6.45) is 0. The van der Waals surface area contributed by atoms with Crippen LogP contribution in [-0.4, -0.2) is 19.1 Å². The first-order chi connectivity index (χ1) is 7.61. The van der Waals surface area contributed by atoms with Crippen LogP contribution in [0.1, 0.15) is 26.3 Å². The average Bonchev–Trinajstić information content (AvgIpc) is 2.07. The highest BCUT2D eigenvalue weighted by Gasteiger charge is 2.21. The number of phenols is 1. The Labute approximate surface area is 102 Å². The van der Waals surface area contributed by atoms with E-state index in [0.29, 0.717) is 5.56 Å². The molecule has 0 atom stereocenters. The topological polar surface area (TPSA) is 78.4 Å². The van der Waals surface area contributed by atoms with Crippen LogP contribution in [0.15, 0.2) is 18.2 Å². The molecule has 0 aliphatic rings. The summed E-state index contributed by atoms with van der Waals surface area (Å²) in [4.78, 5) is 0. The van der Waals surface area contributed by atoms with Crippen molar-refractivity contribution in [2.24, 2.45) is 0 Å². The van der Waals surface area contributed by atoms with Crippen LogP contribution in [0.5, 0.6) is 5.75 Å². The van der Waals surface area contributed by atoms with Crippen molar-refractivity contribution in [3.05, 3.63) is 23.8 Å². The monoisotopic (exact) mass is 258 g/mol. The van der Waals surface area contributed by atoms with Crippen molar-refractivity contribution < 1.29 is 13.5 Å². The number of anilines is 1.